The topological polar surface area (TPSA) is 71.6 Å². The van der Waals surface area contributed by atoms with Crippen molar-refractivity contribution in [3.8, 4) is 0 Å². The smallest absolute Gasteiger partial charge is 0.435 e. The number of carbonyl (C=O) groups is 2. The van der Waals surface area contributed by atoms with Crippen molar-refractivity contribution in [3.05, 3.63) is 41.6 Å². The number of alkyl halides is 3. The Morgan fingerprint density at radius 2 is 1.81 bits per heavy atom. The van der Waals surface area contributed by atoms with Gasteiger partial charge in [0.25, 0.3) is 5.91 Å². The van der Waals surface area contributed by atoms with E-state index in [1.807, 2.05) is 0 Å². The van der Waals surface area contributed by atoms with Crippen LogP contribution in [0.4, 0.5) is 13.2 Å². The van der Waals surface area contributed by atoms with Crippen molar-refractivity contribution in [1.29, 1.82) is 0 Å². The van der Waals surface area contributed by atoms with Crippen LogP contribution in [0.25, 0.3) is 0 Å². The third kappa shape index (κ3) is 3.83. The molecule has 2 aromatic heterocycles. The molecule has 1 aliphatic heterocycles. The molecule has 146 valence electrons. The van der Waals surface area contributed by atoms with E-state index < -0.39 is 17.9 Å². The van der Waals surface area contributed by atoms with Crippen molar-refractivity contribution in [1.82, 2.24) is 19.6 Å². The molecular formula is C17H19F3N4O3. The van der Waals surface area contributed by atoms with Gasteiger partial charge in [-0.15, -0.1) is 0 Å². The van der Waals surface area contributed by atoms with E-state index in [0.29, 0.717) is 26.2 Å². The van der Waals surface area contributed by atoms with Crippen LogP contribution >= 0.6 is 0 Å². The summed E-state index contributed by atoms with van der Waals surface area (Å²) in [4.78, 5) is 28.0. The first-order chi connectivity index (χ1) is 12.7. The molecule has 1 fully saturated rings. The summed E-state index contributed by atoms with van der Waals surface area (Å²) in [6, 6.07) is 3.24. The van der Waals surface area contributed by atoms with Gasteiger partial charge >= 0.3 is 6.18 Å². The molecule has 0 unspecified atom stereocenters. The summed E-state index contributed by atoms with van der Waals surface area (Å²) >= 11 is 0. The molecule has 0 saturated carbocycles. The van der Waals surface area contributed by atoms with Gasteiger partial charge in [0.15, 0.2) is 11.5 Å². The Labute approximate surface area is 153 Å². The molecule has 0 N–H and O–H groups in total. The van der Waals surface area contributed by atoms with E-state index in [-0.39, 0.29) is 23.3 Å². The number of piperazine rings is 1. The molecule has 0 aliphatic carbocycles. The summed E-state index contributed by atoms with van der Waals surface area (Å²) in [5, 5.41) is 3.54. The van der Waals surface area contributed by atoms with E-state index in [9.17, 15) is 22.8 Å². The van der Waals surface area contributed by atoms with E-state index in [0.717, 1.165) is 10.7 Å². The van der Waals surface area contributed by atoms with Crippen LogP contribution in [0, 0.1) is 6.92 Å². The monoisotopic (exact) mass is 384 g/mol. The van der Waals surface area contributed by atoms with Gasteiger partial charge in [0.2, 0.25) is 5.91 Å². The molecule has 0 aromatic carbocycles. The van der Waals surface area contributed by atoms with Gasteiger partial charge in [-0.2, -0.15) is 18.3 Å². The average Bonchev–Trinajstić information content (AvgIpc) is 3.29. The van der Waals surface area contributed by atoms with Crippen LogP contribution in [0.3, 0.4) is 0 Å². The highest BCUT2D eigenvalue weighted by atomic mass is 19.4. The molecule has 2 aromatic rings. The molecule has 0 radical (unpaired) electrons. The maximum absolute atomic E-state index is 12.8. The van der Waals surface area contributed by atoms with Crippen molar-refractivity contribution in [2.24, 2.45) is 0 Å². The molecule has 0 spiro atoms. The van der Waals surface area contributed by atoms with Gasteiger partial charge in [-0.3, -0.25) is 14.3 Å². The first-order valence-electron chi connectivity index (χ1n) is 8.43. The zero-order valence-corrected chi connectivity index (χ0v) is 14.9. The normalized spacial score (nSPS) is 16.5. The van der Waals surface area contributed by atoms with Gasteiger partial charge < -0.3 is 14.2 Å². The summed E-state index contributed by atoms with van der Waals surface area (Å²) in [7, 11) is 0. The molecule has 2 amide bonds. The van der Waals surface area contributed by atoms with Crippen LogP contribution < -0.4 is 0 Å². The van der Waals surface area contributed by atoms with Crippen LogP contribution in [0.15, 0.2) is 28.9 Å². The van der Waals surface area contributed by atoms with Gasteiger partial charge in [-0.1, -0.05) is 0 Å². The quantitative estimate of drug-likeness (QED) is 0.815. The Morgan fingerprint density at radius 3 is 2.33 bits per heavy atom. The van der Waals surface area contributed by atoms with Crippen LogP contribution in [0.2, 0.25) is 0 Å². The Balaban J connectivity index is 1.64. The summed E-state index contributed by atoms with van der Waals surface area (Å²) in [5.74, 6) is -0.354. The predicted octanol–water partition coefficient (Wildman–Crippen LogP) is 2.35. The summed E-state index contributed by atoms with van der Waals surface area (Å²) in [5.41, 5.74) is -0.761. The number of rotatable bonds is 3. The first kappa shape index (κ1) is 19.0. The predicted molar refractivity (Wildman–Crippen MR) is 87.9 cm³/mol. The Morgan fingerprint density at radius 1 is 1.19 bits per heavy atom. The second kappa shape index (κ2) is 7.09. The highest BCUT2D eigenvalue weighted by molar-refractivity contribution is 5.91. The molecular weight excluding hydrogens is 365 g/mol. The molecule has 3 rings (SSSR count). The van der Waals surface area contributed by atoms with Crippen molar-refractivity contribution in [2.75, 3.05) is 26.2 Å². The average molecular weight is 384 g/mol. The summed E-state index contributed by atoms with van der Waals surface area (Å²) in [6.45, 7) is 4.23. The van der Waals surface area contributed by atoms with E-state index in [1.54, 1.807) is 17.0 Å². The molecule has 0 bridgehead atoms. The van der Waals surface area contributed by atoms with Crippen molar-refractivity contribution >= 4 is 11.8 Å². The molecule has 27 heavy (non-hydrogen) atoms. The molecule has 1 aliphatic rings. The third-order valence-corrected chi connectivity index (χ3v) is 4.55. The number of halogens is 3. The van der Waals surface area contributed by atoms with Gasteiger partial charge in [0.1, 0.15) is 6.04 Å². The Hall–Kier alpha value is -2.78. The number of nitrogens with zero attached hydrogens (tertiary/aromatic N) is 4. The van der Waals surface area contributed by atoms with E-state index in [4.69, 9.17) is 4.42 Å². The molecule has 7 nitrogen and oxygen atoms in total. The van der Waals surface area contributed by atoms with E-state index in [1.165, 1.54) is 25.0 Å². The lowest BCUT2D eigenvalue weighted by Gasteiger charge is -2.35. The number of hydrogen-bond donors (Lipinski definition) is 0. The van der Waals surface area contributed by atoms with E-state index >= 15 is 0 Å². The number of furan rings is 1. The van der Waals surface area contributed by atoms with Crippen molar-refractivity contribution < 1.29 is 27.2 Å². The summed E-state index contributed by atoms with van der Waals surface area (Å²) in [6.07, 6.45) is -3.15. The lowest BCUT2D eigenvalue weighted by atomic mass is 10.2. The standard InChI is InChI=1S/C17H19F3N4O3/c1-11-10-14(17(18,19)20)21-24(11)12(2)15(25)22-5-7-23(8-6-22)16(26)13-4-3-9-27-13/h3-4,9-10,12H,5-8H2,1-2H3/t12-/m0/s1. The molecule has 3 heterocycles. The van der Waals surface area contributed by atoms with Crippen molar-refractivity contribution in [3.63, 3.8) is 0 Å². The zero-order chi connectivity index (χ0) is 19.8. The summed E-state index contributed by atoms with van der Waals surface area (Å²) < 4.78 is 44.6. The fourth-order valence-electron chi connectivity index (χ4n) is 3.07. The number of carbonyl (C=O) groups excluding carboxylic acids is 2. The second-order valence-electron chi connectivity index (χ2n) is 6.38. The third-order valence-electron chi connectivity index (χ3n) is 4.55. The Bertz CT molecular complexity index is 821. The van der Waals surface area contributed by atoms with Gasteiger partial charge in [-0.25, -0.2) is 0 Å². The zero-order valence-electron chi connectivity index (χ0n) is 14.9. The Kier molecular flexibility index (Phi) is 4.99. The maximum Gasteiger partial charge on any atom is 0.435 e. The minimum atomic E-state index is -4.56. The highest BCUT2D eigenvalue weighted by Crippen LogP contribution is 2.29. The minimum absolute atomic E-state index is 0.231. The number of aromatic nitrogens is 2. The lowest BCUT2D eigenvalue weighted by molar-refractivity contribution is -0.142. The highest BCUT2D eigenvalue weighted by Gasteiger charge is 2.36. The van der Waals surface area contributed by atoms with Gasteiger partial charge in [0, 0.05) is 31.9 Å². The molecule has 1 atom stereocenters. The largest absolute Gasteiger partial charge is 0.459 e. The fourth-order valence-corrected chi connectivity index (χ4v) is 3.07. The van der Waals surface area contributed by atoms with Gasteiger partial charge in [0.05, 0.1) is 6.26 Å². The minimum Gasteiger partial charge on any atom is -0.459 e. The van der Waals surface area contributed by atoms with Crippen molar-refractivity contribution in [2.45, 2.75) is 26.1 Å². The maximum atomic E-state index is 12.8. The number of amides is 2. The second-order valence-corrected chi connectivity index (χ2v) is 6.38. The van der Waals surface area contributed by atoms with Gasteiger partial charge in [-0.05, 0) is 32.0 Å². The van der Waals surface area contributed by atoms with E-state index in [2.05, 4.69) is 5.10 Å². The van der Waals surface area contributed by atoms with Crippen LogP contribution in [-0.2, 0) is 11.0 Å². The fraction of sp³-hybridized carbons (Fsp3) is 0.471. The SMILES string of the molecule is Cc1cc(C(F)(F)F)nn1[C@@H](C)C(=O)N1CCN(C(=O)c2ccco2)CC1. The number of aryl methyl sites for hydroxylation is 1. The number of hydrogen-bond acceptors (Lipinski definition) is 4. The molecule has 10 heteroatoms. The first-order valence-corrected chi connectivity index (χ1v) is 8.43. The van der Waals surface area contributed by atoms with Crippen LogP contribution in [-0.4, -0.2) is 57.6 Å². The molecule has 1 saturated heterocycles. The van der Waals surface area contributed by atoms with Crippen LogP contribution in [0.5, 0.6) is 0 Å². The lowest BCUT2D eigenvalue weighted by Crippen LogP contribution is -2.52. The van der Waals surface area contributed by atoms with Crippen LogP contribution in [0.1, 0.15) is 34.9 Å².